The van der Waals surface area contributed by atoms with E-state index in [2.05, 4.69) is 12.1 Å². The van der Waals surface area contributed by atoms with E-state index in [4.69, 9.17) is 0 Å². The summed E-state index contributed by atoms with van der Waals surface area (Å²) >= 11 is 1.77. The third kappa shape index (κ3) is 6.95. The van der Waals surface area contributed by atoms with E-state index in [0.29, 0.717) is 19.3 Å². The predicted octanol–water partition coefficient (Wildman–Crippen LogP) is 3.50. The van der Waals surface area contributed by atoms with Gasteiger partial charge in [0, 0.05) is 24.2 Å². The third-order valence-corrected chi connectivity index (χ3v) is 3.47. The summed E-state index contributed by atoms with van der Waals surface area (Å²) in [6.45, 7) is 1.53. The van der Waals surface area contributed by atoms with Crippen LogP contribution in [0.25, 0.3) is 0 Å². The van der Waals surface area contributed by atoms with Crippen molar-refractivity contribution in [1.29, 1.82) is 0 Å². The summed E-state index contributed by atoms with van der Waals surface area (Å²) in [5.74, 6) is 1.25. The summed E-state index contributed by atoms with van der Waals surface area (Å²) in [7, 11) is 0. The molecule has 0 atom stereocenters. The average molecular weight is 250 g/mol. The quantitative estimate of drug-likeness (QED) is 0.523. The van der Waals surface area contributed by atoms with Crippen molar-refractivity contribution in [3.63, 3.8) is 0 Å². The maximum Gasteiger partial charge on any atom is 0.133 e. The van der Waals surface area contributed by atoms with Gasteiger partial charge in [-0.15, -0.1) is 11.8 Å². The van der Waals surface area contributed by atoms with Crippen LogP contribution in [0.3, 0.4) is 0 Å². The van der Waals surface area contributed by atoms with Gasteiger partial charge in [-0.05, 0) is 31.2 Å². The van der Waals surface area contributed by atoms with Crippen LogP contribution in [0.1, 0.15) is 32.6 Å². The molecule has 0 unspecified atom stereocenters. The molecule has 1 rings (SSSR count). The fourth-order valence-electron chi connectivity index (χ4n) is 1.42. The zero-order valence-corrected chi connectivity index (χ0v) is 11.0. The van der Waals surface area contributed by atoms with E-state index in [1.165, 1.54) is 11.8 Å². The average Bonchev–Trinajstić information content (AvgIpc) is 2.33. The van der Waals surface area contributed by atoms with Crippen LogP contribution < -0.4 is 0 Å². The second kappa shape index (κ2) is 8.07. The molecule has 0 fully saturated rings. The van der Waals surface area contributed by atoms with Gasteiger partial charge in [-0.3, -0.25) is 4.79 Å². The van der Waals surface area contributed by atoms with Gasteiger partial charge < -0.3 is 4.79 Å². The van der Waals surface area contributed by atoms with E-state index in [1.807, 2.05) is 18.2 Å². The molecule has 3 heteroatoms. The molecular formula is C14H18O2S. The van der Waals surface area contributed by atoms with Crippen molar-refractivity contribution in [3.05, 3.63) is 30.3 Å². The Bertz CT molecular complexity index is 360. The molecule has 2 nitrogen and oxygen atoms in total. The van der Waals surface area contributed by atoms with Crippen LogP contribution in [-0.4, -0.2) is 17.3 Å². The maximum absolute atomic E-state index is 11.4. The molecular weight excluding hydrogens is 232 g/mol. The van der Waals surface area contributed by atoms with Gasteiger partial charge in [0.25, 0.3) is 0 Å². The highest BCUT2D eigenvalue weighted by Gasteiger charge is 2.03. The first-order valence-corrected chi connectivity index (χ1v) is 6.86. The highest BCUT2D eigenvalue weighted by Crippen LogP contribution is 2.18. The number of ketones is 2. The van der Waals surface area contributed by atoms with E-state index in [0.717, 1.165) is 12.2 Å². The highest BCUT2D eigenvalue weighted by molar-refractivity contribution is 7.99. The van der Waals surface area contributed by atoms with Crippen molar-refractivity contribution < 1.29 is 9.59 Å². The number of rotatable bonds is 8. The molecule has 0 aliphatic rings. The van der Waals surface area contributed by atoms with Crippen molar-refractivity contribution in [2.24, 2.45) is 0 Å². The fourth-order valence-corrected chi connectivity index (χ4v) is 2.29. The van der Waals surface area contributed by atoms with Crippen molar-refractivity contribution in [2.75, 3.05) is 5.75 Å². The molecule has 0 bridgehead atoms. The van der Waals surface area contributed by atoms with Crippen LogP contribution >= 0.6 is 11.8 Å². The summed E-state index contributed by atoms with van der Waals surface area (Å²) in [5, 5.41) is 0. The number of benzene rings is 1. The lowest BCUT2D eigenvalue weighted by Crippen LogP contribution is -2.01. The Hall–Kier alpha value is -1.09. The van der Waals surface area contributed by atoms with Crippen LogP contribution in [0.5, 0.6) is 0 Å². The lowest BCUT2D eigenvalue weighted by molar-refractivity contribution is -0.123. The van der Waals surface area contributed by atoms with E-state index < -0.39 is 0 Å². The summed E-state index contributed by atoms with van der Waals surface area (Å²) in [6.07, 6.45) is 2.28. The SMILES string of the molecule is CC(=O)CCC(=O)CCCSc1ccccc1. The fraction of sp³-hybridized carbons (Fsp3) is 0.429. The Balaban J connectivity index is 2.08. The summed E-state index contributed by atoms with van der Waals surface area (Å²) in [5.41, 5.74) is 0. The minimum atomic E-state index is 0.0945. The van der Waals surface area contributed by atoms with Crippen molar-refractivity contribution >= 4 is 23.3 Å². The van der Waals surface area contributed by atoms with Gasteiger partial charge in [0.1, 0.15) is 11.6 Å². The molecule has 1 aromatic carbocycles. The Labute approximate surface area is 107 Å². The van der Waals surface area contributed by atoms with Crippen LogP contribution in [-0.2, 0) is 9.59 Å². The molecule has 0 radical (unpaired) electrons. The Morgan fingerprint density at radius 2 is 1.76 bits per heavy atom. The first-order chi connectivity index (χ1) is 8.18. The zero-order chi connectivity index (χ0) is 12.5. The van der Waals surface area contributed by atoms with E-state index in [1.54, 1.807) is 11.8 Å². The molecule has 0 saturated heterocycles. The largest absolute Gasteiger partial charge is 0.300 e. The molecule has 0 aliphatic carbocycles. The molecule has 17 heavy (non-hydrogen) atoms. The van der Waals surface area contributed by atoms with Crippen LogP contribution in [0.15, 0.2) is 35.2 Å². The van der Waals surface area contributed by atoms with Crippen LogP contribution in [0.2, 0.25) is 0 Å². The van der Waals surface area contributed by atoms with Gasteiger partial charge >= 0.3 is 0 Å². The van der Waals surface area contributed by atoms with Crippen molar-refractivity contribution in [3.8, 4) is 0 Å². The van der Waals surface area contributed by atoms with Gasteiger partial charge in [0.05, 0.1) is 0 Å². The molecule has 0 spiro atoms. The lowest BCUT2D eigenvalue weighted by Gasteiger charge is -2.01. The van der Waals surface area contributed by atoms with Crippen LogP contribution in [0, 0.1) is 0 Å². The van der Waals surface area contributed by atoms with Crippen molar-refractivity contribution in [1.82, 2.24) is 0 Å². The molecule has 0 aliphatic heterocycles. The van der Waals surface area contributed by atoms with Gasteiger partial charge in [0.15, 0.2) is 0 Å². The zero-order valence-electron chi connectivity index (χ0n) is 10.1. The van der Waals surface area contributed by atoms with Gasteiger partial charge in [-0.25, -0.2) is 0 Å². The first-order valence-electron chi connectivity index (χ1n) is 5.87. The normalized spacial score (nSPS) is 10.2. The molecule has 0 heterocycles. The Morgan fingerprint density at radius 3 is 2.41 bits per heavy atom. The predicted molar refractivity (Wildman–Crippen MR) is 71.3 cm³/mol. The summed E-state index contributed by atoms with van der Waals surface area (Å²) in [4.78, 5) is 23.3. The monoisotopic (exact) mass is 250 g/mol. The number of hydrogen-bond donors (Lipinski definition) is 0. The first kappa shape index (κ1) is 14.0. The molecule has 0 N–H and O–H groups in total. The Morgan fingerprint density at radius 1 is 1.06 bits per heavy atom. The molecule has 1 aromatic rings. The van der Waals surface area contributed by atoms with E-state index in [9.17, 15) is 9.59 Å². The number of carbonyl (C=O) groups excluding carboxylic acids is 2. The molecule has 0 saturated carbocycles. The second-order valence-corrected chi connectivity index (χ2v) is 5.17. The van der Waals surface area contributed by atoms with Gasteiger partial charge in [0.2, 0.25) is 0 Å². The highest BCUT2D eigenvalue weighted by atomic mass is 32.2. The minimum Gasteiger partial charge on any atom is -0.300 e. The number of thioether (sulfide) groups is 1. The lowest BCUT2D eigenvalue weighted by atomic mass is 10.1. The molecule has 0 amide bonds. The van der Waals surface area contributed by atoms with E-state index >= 15 is 0 Å². The second-order valence-electron chi connectivity index (χ2n) is 4.01. The number of hydrogen-bond acceptors (Lipinski definition) is 3. The molecule has 0 aromatic heterocycles. The van der Waals surface area contributed by atoms with Gasteiger partial charge in [-0.1, -0.05) is 18.2 Å². The number of carbonyl (C=O) groups is 2. The maximum atomic E-state index is 11.4. The van der Waals surface area contributed by atoms with Gasteiger partial charge in [-0.2, -0.15) is 0 Å². The smallest absolute Gasteiger partial charge is 0.133 e. The third-order valence-electron chi connectivity index (χ3n) is 2.37. The summed E-state index contributed by atoms with van der Waals surface area (Å²) < 4.78 is 0. The van der Waals surface area contributed by atoms with E-state index in [-0.39, 0.29) is 11.6 Å². The number of Topliss-reactive ketones (excluding diaryl/α,β-unsaturated/α-hetero) is 2. The topological polar surface area (TPSA) is 34.1 Å². The van der Waals surface area contributed by atoms with Crippen molar-refractivity contribution in [2.45, 2.75) is 37.5 Å². The molecule has 92 valence electrons. The standard InChI is InChI=1S/C14H18O2S/c1-12(15)9-10-13(16)6-5-11-17-14-7-3-2-4-8-14/h2-4,7-8H,5-6,9-11H2,1H3. The minimum absolute atomic E-state index is 0.0945. The summed E-state index contributed by atoms with van der Waals surface area (Å²) in [6, 6.07) is 10.2. The van der Waals surface area contributed by atoms with Crippen LogP contribution in [0.4, 0.5) is 0 Å². The Kier molecular flexibility index (Phi) is 6.63.